The standard InChI is InChI=1S/C6H8N2S/c1-5(7)2-6-3-9-4-8-6/h2-4H,7H2,1H3/b5-2-. The molecule has 9 heavy (non-hydrogen) atoms. The molecule has 0 amide bonds. The summed E-state index contributed by atoms with van der Waals surface area (Å²) < 4.78 is 0. The third-order valence-electron chi connectivity index (χ3n) is 0.827. The van der Waals surface area contributed by atoms with Crippen LogP contribution in [0.2, 0.25) is 0 Å². The number of thiazole rings is 1. The minimum absolute atomic E-state index is 0.793. The second-order valence-corrected chi connectivity index (χ2v) is 2.52. The Morgan fingerprint density at radius 1 is 1.89 bits per heavy atom. The molecule has 0 fully saturated rings. The zero-order chi connectivity index (χ0) is 6.69. The summed E-state index contributed by atoms with van der Waals surface area (Å²) >= 11 is 1.57. The van der Waals surface area contributed by atoms with Gasteiger partial charge in [-0.15, -0.1) is 11.3 Å². The molecule has 0 aliphatic heterocycles. The van der Waals surface area contributed by atoms with E-state index < -0.39 is 0 Å². The lowest BCUT2D eigenvalue weighted by atomic mass is 10.4. The van der Waals surface area contributed by atoms with Crippen molar-refractivity contribution in [3.05, 3.63) is 22.3 Å². The highest BCUT2D eigenvalue weighted by molar-refractivity contribution is 7.07. The van der Waals surface area contributed by atoms with Crippen LogP contribution in [0, 0.1) is 0 Å². The average molecular weight is 140 g/mol. The number of hydrogen-bond acceptors (Lipinski definition) is 3. The quantitative estimate of drug-likeness (QED) is 0.641. The second-order valence-electron chi connectivity index (χ2n) is 1.80. The molecule has 1 aromatic rings. The molecule has 2 nitrogen and oxygen atoms in total. The maximum Gasteiger partial charge on any atom is 0.0798 e. The second kappa shape index (κ2) is 2.64. The first-order valence-corrected chi connectivity index (χ1v) is 3.55. The van der Waals surface area contributed by atoms with Gasteiger partial charge in [-0.1, -0.05) is 0 Å². The van der Waals surface area contributed by atoms with Crippen LogP contribution in [-0.4, -0.2) is 4.98 Å². The van der Waals surface area contributed by atoms with Crippen LogP contribution in [0.15, 0.2) is 16.6 Å². The van der Waals surface area contributed by atoms with E-state index in [9.17, 15) is 0 Å². The molecule has 1 rings (SSSR count). The lowest BCUT2D eigenvalue weighted by Crippen LogP contribution is -1.88. The molecule has 2 N–H and O–H groups in total. The van der Waals surface area contributed by atoms with Crippen LogP contribution < -0.4 is 5.73 Å². The average Bonchev–Trinajstić information content (AvgIpc) is 2.15. The molecule has 0 aliphatic carbocycles. The maximum atomic E-state index is 5.41. The lowest BCUT2D eigenvalue weighted by Gasteiger charge is -1.84. The molecule has 0 atom stereocenters. The van der Waals surface area contributed by atoms with E-state index in [1.807, 2.05) is 18.4 Å². The first-order valence-electron chi connectivity index (χ1n) is 2.61. The van der Waals surface area contributed by atoms with Gasteiger partial charge in [-0.3, -0.25) is 0 Å². The molecule has 48 valence electrons. The van der Waals surface area contributed by atoms with Crippen LogP contribution in [0.1, 0.15) is 12.6 Å². The molecular weight excluding hydrogens is 132 g/mol. The van der Waals surface area contributed by atoms with Gasteiger partial charge in [0.1, 0.15) is 0 Å². The molecule has 1 heterocycles. The van der Waals surface area contributed by atoms with E-state index in [0.29, 0.717) is 0 Å². The van der Waals surface area contributed by atoms with E-state index in [1.165, 1.54) is 0 Å². The number of hydrogen-bond donors (Lipinski definition) is 1. The number of nitrogens with zero attached hydrogens (tertiary/aromatic N) is 1. The summed E-state index contributed by atoms with van der Waals surface area (Å²) in [5, 5.41) is 1.95. The van der Waals surface area contributed by atoms with E-state index in [2.05, 4.69) is 4.98 Å². The summed E-state index contributed by atoms with van der Waals surface area (Å²) in [7, 11) is 0. The van der Waals surface area contributed by atoms with E-state index in [1.54, 1.807) is 16.8 Å². The predicted octanol–water partition coefficient (Wildman–Crippen LogP) is 1.46. The van der Waals surface area contributed by atoms with Crippen molar-refractivity contribution in [2.45, 2.75) is 6.92 Å². The highest BCUT2D eigenvalue weighted by Crippen LogP contribution is 2.03. The van der Waals surface area contributed by atoms with Crippen molar-refractivity contribution in [1.82, 2.24) is 4.98 Å². The van der Waals surface area contributed by atoms with E-state index in [-0.39, 0.29) is 0 Å². The summed E-state index contributed by atoms with van der Waals surface area (Å²) in [5.41, 5.74) is 8.93. The summed E-state index contributed by atoms with van der Waals surface area (Å²) in [4.78, 5) is 4.02. The molecule has 0 saturated heterocycles. The zero-order valence-corrected chi connectivity index (χ0v) is 5.98. The van der Waals surface area contributed by atoms with Crippen LogP contribution in [0.4, 0.5) is 0 Å². The lowest BCUT2D eigenvalue weighted by molar-refractivity contribution is 1.31. The minimum atomic E-state index is 0.793. The fourth-order valence-electron chi connectivity index (χ4n) is 0.526. The van der Waals surface area contributed by atoms with Gasteiger partial charge < -0.3 is 5.73 Å². The molecule has 0 unspecified atom stereocenters. The Morgan fingerprint density at radius 3 is 3.11 bits per heavy atom. The van der Waals surface area contributed by atoms with Crippen molar-refractivity contribution < 1.29 is 0 Å². The van der Waals surface area contributed by atoms with Crippen LogP contribution >= 0.6 is 11.3 Å². The fraction of sp³-hybridized carbons (Fsp3) is 0.167. The van der Waals surface area contributed by atoms with Crippen molar-refractivity contribution in [3.8, 4) is 0 Å². The molecular formula is C6H8N2S. The summed E-state index contributed by atoms with van der Waals surface area (Å²) in [6, 6.07) is 0. The molecule has 3 heteroatoms. The Morgan fingerprint density at radius 2 is 2.67 bits per heavy atom. The van der Waals surface area contributed by atoms with Gasteiger partial charge in [0.2, 0.25) is 0 Å². The third-order valence-corrected chi connectivity index (χ3v) is 1.43. The molecule has 0 bridgehead atoms. The Balaban J connectivity index is 2.80. The van der Waals surface area contributed by atoms with Crippen LogP contribution in [0.25, 0.3) is 6.08 Å². The summed E-state index contributed by atoms with van der Waals surface area (Å²) in [6.45, 7) is 1.85. The number of allylic oxidation sites excluding steroid dienone is 1. The van der Waals surface area contributed by atoms with E-state index in [0.717, 1.165) is 11.4 Å². The normalized spacial score (nSPS) is 11.9. The summed E-state index contributed by atoms with van der Waals surface area (Å²) in [5.74, 6) is 0. The van der Waals surface area contributed by atoms with Gasteiger partial charge >= 0.3 is 0 Å². The van der Waals surface area contributed by atoms with Crippen molar-refractivity contribution >= 4 is 17.4 Å². The summed E-state index contributed by atoms with van der Waals surface area (Å²) in [6.07, 6.45) is 1.84. The maximum absolute atomic E-state index is 5.41. The van der Waals surface area contributed by atoms with Gasteiger partial charge in [-0.25, -0.2) is 4.98 Å². The van der Waals surface area contributed by atoms with Gasteiger partial charge in [0, 0.05) is 11.1 Å². The Bertz CT molecular complexity index is 197. The number of aromatic nitrogens is 1. The molecule has 0 aliphatic rings. The molecule has 0 aromatic carbocycles. The Hall–Kier alpha value is -0.830. The smallest absolute Gasteiger partial charge is 0.0798 e. The van der Waals surface area contributed by atoms with Gasteiger partial charge in [0.25, 0.3) is 0 Å². The number of rotatable bonds is 1. The van der Waals surface area contributed by atoms with Gasteiger partial charge in [-0.2, -0.15) is 0 Å². The predicted molar refractivity (Wildman–Crippen MR) is 40.0 cm³/mol. The van der Waals surface area contributed by atoms with Crippen LogP contribution in [0.3, 0.4) is 0 Å². The van der Waals surface area contributed by atoms with Gasteiger partial charge in [-0.05, 0) is 13.0 Å². The van der Waals surface area contributed by atoms with Gasteiger partial charge in [0.15, 0.2) is 0 Å². The van der Waals surface area contributed by atoms with Crippen molar-refractivity contribution in [1.29, 1.82) is 0 Å². The highest BCUT2D eigenvalue weighted by atomic mass is 32.1. The fourth-order valence-corrected chi connectivity index (χ4v) is 1.04. The molecule has 1 aromatic heterocycles. The monoisotopic (exact) mass is 140 g/mol. The topological polar surface area (TPSA) is 38.9 Å². The van der Waals surface area contributed by atoms with Crippen molar-refractivity contribution in [2.75, 3.05) is 0 Å². The SMILES string of the molecule is C/C(N)=C/c1cscn1. The molecule has 0 spiro atoms. The van der Waals surface area contributed by atoms with Crippen LogP contribution in [-0.2, 0) is 0 Å². The Kier molecular flexibility index (Phi) is 1.85. The number of nitrogens with two attached hydrogens (primary N) is 1. The zero-order valence-electron chi connectivity index (χ0n) is 5.16. The largest absolute Gasteiger partial charge is 0.402 e. The molecule has 0 radical (unpaired) electrons. The first kappa shape index (κ1) is 6.29. The van der Waals surface area contributed by atoms with E-state index >= 15 is 0 Å². The van der Waals surface area contributed by atoms with Crippen molar-refractivity contribution in [3.63, 3.8) is 0 Å². The third kappa shape index (κ3) is 1.85. The molecule has 0 saturated carbocycles. The first-order chi connectivity index (χ1) is 4.29. The van der Waals surface area contributed by atoms with Gasteiger partial charge in [0.05, 0.1) is 11.2 Å². The van der Waals surface area contributed by atoms with Crippen molar-refractivity contribution in [2.24, 2.45) is 5.73 Å². The van der Waals surface area contributed by atoms with Crippen LogP contribution in [0.5, 0.6) is 0 Å². The minimum Gasteiger partial charge on any atom is -0.402 e. The highest BCUT2D eigenvalue weighted by Gasteiger charge is 1.86. The van der Waals surface area contributed by atoms with E-state index in [4.69, 9.17) is 5.73 Å². The Labute approximate surface area is 58.0 Å².